The van der Waals surface area contributed by atoms with Crippen LogP contribution in [-0.4, -0.2) is 15.0 Å². The zero-order chi connectivity index (χ0) is 34.2. The van der Waals surface area contributed by atoms with Crippen LogP contribution in [0.3, 0.4) is 0 Å². The van der Waals surface area contributed by atoms with Crippen molar-refractivity contribution in [2.75, 3.05) is 0 Å². The second kappa shape index (κ2) is 11.0. The Hall–Kier alpha value is -7.05. The van der Waals surface area contributed by atoms with Crippen molar-refractivity contribution in [2.24, 2.45) is 0 Å². The first-order valence-corrected chi connectivity index (χ1v) is 16.8. The molecule has 0 aliphatic rings. The molecule has 0 saturated carbocycles. The third kappa shape index (κ3) is 4.40. The van der Waals surface area contributed by atoms with Gasteiger partial charge in [0.1, 0.15) is 0 Å². The molecule has 0 aliphatic carbocycles. The molecule has 3 N–H and O–H groups in total. The summed E-state index contributed by atoms with van der Waals surface area (Å²) in [5, 5.41) is 2.21. The molecule has 10 rings (SSSR count). The first kappa shape index (κ1) is 28.9. The highest BCUT2D eigenvalue weighted by Gasteiger charge is 2.22. The van der Waals surface area contributed by atoms with Gasteiger partial charge < -0.3 is 15.0 Å². The standard InChI is InChI=1S/C45H27N3O3/c49-43-31-19-16-28(25-10-4-1-5-11-25)22-34(31)46-40-37(43)41-39(45(51)33-21-18-30(24-36(33)47-41)27-14-8-3-9-15-27)42-38(40)44(50)32-20-17-29(23-35(32)48-42)26-12-6-2-7-13-26/h1-24H,(H,46,49)(H,47,51)(H,48,50). The van der Waals surface area contributed by atoms with Crippen molar-refractivity contribution >= 4 is 65.4 Å². The summed E-state index contributed by atoms with van der Waals surface area (Å²) >= 11 is 0. The average Bonchev–Trinajstić information content (AvgIpc) is 3.18. The monoisotopic (exact) mass is 657 g/mol. The van der Waals surface area contributed by atoms with Crippen LogP contribution in [0.1, 0.15) is 0 Å². The van der Waals surface area contributed by atoms with Crippen molar-refractivity contribution in [1.82, 2.24) is 15.0 Å². The molecule has 3 aromatic heterocycles. The molecule has 0 spiro atoms. The van der Waals surface area contributed by atoms with E-state index in [0.717, 1.165) is 33.4 Å². The Kier molecular flexibility index (Phi) is 6.23. The Labute approximate surface area is 289 Å². The molecule has 6 heteroatoms. The van der Waals surface area contributed by atoms with Gasteiger partial charge in [-0.25, -0.2) is 0 Å². The molecule has 0 radical (unpaired) electrons. The molecule has 0 atom stereocenters. The molecular weight excluding hydrogens is 631 g/mol. The minimum Gasteiger partial charge on any atom is -0.354 e. The summed E-state index contributed by atoms with van der Waals surface area (Å²) in [5.41, 5.74) is 7.96. The first-order chi connectivity index (χ1) is 25.0. The van der Waals surface area contributed by atoms with Crippen molar-refractivity contribution in [3.63, 3.8) is 0 Å². The van der Waals surface area contributed by atoms with Gasteiger partial charge in [-0.3, -0.25) is 14.4 Å². The molecule has 3 heterocycles. The molecule has 0 saturated heterocycles. The second-order valence-corrected chi connectivity index (χ2v) is 13.0. The highest BCUT2D eigenvalue weighted by Crippen LogP contribution is 2.34. The van der Waals surface area contributed by atoms with Crippen LogP contribution in [-0.2, 0) is 0 Å². The minimum absolute atomic E-state index is 0.265. The number of aromatic nitrogens is 3. The van der Waals surface area contributed by atoms with Crippen molar-refractivity contribution < 1.29 is 0 Å². The quantitative estimate of drug-likeness (QED) is 0.130. The molecule has 0 amide bonds. The number of nitrogens with one attached hydrogen (secondary N) is 3. The molecule has 7 aromatic carbocycles. The zero-order valence-corrected chi connectivity index (χ0v) is 27.1. The predicted octanol–water partition coefficient (Wildman–Crippen LogP) is 9.67. The van der Waals surface area contributed by atoms with E-state index in [4.69, 9.17) is 0 Å². The number of pyridine rings is 3. The number of benzene rings is 7. The van der Waals surface area contributed by atoms with E-state index >= 15 is 0 Å². The predicted molar refractivity (Wildman–Crippen MR) is 210 cm³/mol. The van der Waals surface area contributed by atoms with Gasteiger partial charge in [0.05, 0.1) is 49.3 Å². The third-order valence-corrected chi connectivity index (χ3v) is 10.1. The summed E-state index contributed by atoms with van der Waals surface area (Å²) in [4.78, 5) is 54.5. The molecule has 240 valence electrons. The smallest absolute Gasteiger partial charge is 0.199 e. The number of rotatable bonds is 3. The van der Waals surface area contributed by atoms with E-state index in [-0.39, 0.29) is 32.4 Å². The van der Waals surface area contributed by atoms with E-state index in [1.165, 1.54) is 0 Å². The van der Waals surface area contributed by atoms with Gasteiger partial charge in [0.2, 0.25) is 0 Å². The lowest BCUT2D eigenvalue weighted by Crippen LogP contribution is -2.15. The Morgan fingerprint density at radius 3 is 0.843 bits per heavy atom. The molecular formula is C45H27N3O3. The zero-order valence-electron chi connectivity index (χ0n) is 27.1. The van der Waals surface area contributed by atoms with Gasteiger partial charge in [-0.1, -0.05) is 109 Å². The number of aromatic amines is 3. The summed E-state index contributed by atoms with van der Waals surface area (Å²) in [7, 11) is 0. The van der Waals surface area contributed by atoms with Crippen molar-refractivity contribution in [2.45, 2.75) is 0 Å². The highest BCUT2D eigenvalue weighted by atomic mass is 16.1. The summed E-state index contributed by atoms with van der Waals surface area (Å²) < 4.78 is 0. The van der Waals surface area contributed by atoms with Gasteiger partial charge in [0, 0.05) is 16.2 Å². The lowest BCUT2D eigenvalue weighted by atomic mass is 9.96. The van der Waals surface area contributed by atoms with E-state index in [2.05, 4.69) is 15.0 Å². The van der Waals surface area contributed by atoms with Gasteiger partial charge >= 0.3 is 0 Å². The van der Waals surface area contributed by atoms with Gasteiger partial charge in [-0.05, 0) is 69.8 Å². The normalized spacial score (nSPS) is 11.8. The molecule has 0 bridgehead atoms. The van der Waals surface area contributed by atoms with Crippen LogP contribution < -0.4 is 16.3 Å². The Morgan fingerprint density at radius 2 is 0.569 bits per heavy atom. The van der Waals surface area contributed by atoms with E-state index in [0.29, 0.717) is 49.3 Å². The molecule has 0 unspecified atom stereocenters. The molecule has 10 aromatic rings. The Balaban J connectivity index is 1.38. The van der Waals surface area contributed by atoms with E-state index in [9.17, 15) is 14.4 Å². The van der Waals surface area contributed by atoms with Crippen LogP contribution in [0.25, 0.3) is 98.8 Å². The van der Waals surface area contributed by atoms with Gasteiger partial charge in [-0.15, -0.1) is 0 Å². The van der Waals surface area contributed by atoms with E-state index < -0.39 is 0 Å². The number of hydrogen-bond acceptors (Lipinski definition) is 3. The van der Waals surface area contributed by atoms with E-state index in [1.807, 2.05) is 146 Å². The Morgan fingerprint density at radius 1 is 0.294 bits per heavy atom. The minimum atomic E-state index is -0.265. The number of H-pyrrole nitrogens is 3. The van der Waals surface area contributed by atoms with Crippen molar-refractivity contribution in [1.29, 1.82) is 0 Å². The number of hydrogen-bond donors (Lipinski definition) is 3. The average molecular weight is 658 g/mol. The molecule has 0 fully saturated rings. The fraction of sp³-hybridized carbons (Fsp3) is 0. The van der Waals surface area contributed by atoms with Gasteiger partial charge in [0.25, 0.3) is 0 Å². The van der Waals surface area contributed by atoms with Crippen LogP contribution in [0.2, 0.25) is 0 Å². The molecule has 51 heavy (non-hydrogen) atoms. The first-order valence-electron chi connectivity index (χ1n) is 16.8. The molecule has 6 nitrogen and oxygen atoms in total. The summed E-state index contributed by atoms with van der Waals surface area (Å²) in [6.07, 6.45) is 0. The van der Waals surface area contributed by atoms with Crippen molar-refractivity contribution in [3.05, 3.63) is 176 Å². The maximum Gasteiger partial charge on any atom is 0.199 e. The lowest BCUT2D eigenvalue weighted by molar-refractivity contribution is 1.44. The summed E-state index contributed by atoms with van der Waals surface area (Å²) in [5.74, 6) is 0. The number of fused-ring (bicyclic) bond motifs is 9. The largest absolute Gasteiger partial charge is 0.354 e. The van der Waals surface area contributed by atoms with Crippen LogP contribution >= 0.6 is 0 Å². The Bertz CT molecular complexity index is 2860. The van der Waals surface area contributed by atoms with Crippen LogP contribution in [0.4, 0.5) is 0 Å². The fourth-order valence-electron chi connectivity index (χ4n) is 7.58. The topological polar surface area (TPSA) is 98.6 Å². The lowest BCUT2D eigenvalue weighted by Gasteiger charge is -2.14. The summed E-state index contributed by atoms with van der Waals surface area (Å²) in [6.45, 7) is 0. The van der Waals surface area contributed by atoms with Crippen molar-refractivity contribution in [3.8, 4) is 33.4 Å². The maximum absolute atomic E-state index is 14.7. The fourth-order valence-corrected chi connectivity index (χ4v) is 7.58. The highest BCUT2D eigenvalue weighted by molar-refractivity contribution is 6.25. The molecule has 0 aliphatic heterocycles. The van der Waals surface area contributed by atoms with Crippen LogP contribution in [0.15, 0.2) is 160 Å². The summed E-state index contributed by atoms with van der Waals surface area (Å²) in [6, 6.07) is 46.9. The second-order valence-electron chi connectivity index (χ2n) is 13.0. The van der Waals surface area contributed by atoms with Crippen LogP contribution in [0, 0.1) is 0 Å². The van der Waals surface area contributed by atoms with Gasteiger partial charge in [-0.2, -0.15) is 0 Å². The maximum atomic E-state index is 14.7. The van der Waals surface area contributed by atoms with Gasteiger partial charge in [0.15, 0.2) is 16.3 Å². The van der Waals surface area contributed by atoms with Crippen LogP contribution in [0.5, 0.6) is 0 Å². The SMILES string of the molecule is O=c1c2ccc(-c3ccccc3)cc2[nH]c2c1c1[nH]c3cc(-c4ccccc4)ccc3c(=O)c1c1[nH]c3cc(-c4ccccc4)ccc3c(=O)c21. The van der Waals surface area contributed by atoms with E-state index in [1.54, 1.807) is 0 Å². The third-order valence-electron chi connectivity index (χ3n) is 10.1.